The van der Waals surface area contributed by atoms with E-state index in [2.05, 4.69) is 38.0 Å². The van der Waals surface area contributed by atoms with Crippen molar-refractivity contribution >= 4 is 41.3 Å². The number of aliphatic imine (C=N–C) groups is 1. The summed E-state index contributed by atoms with van der Waals surface area (Å²) < 4.78 is 11.2. The largest absolute Gasteiger partial charge is 0.491 e. The summed E-state index contributed by atoms with van der Waals surface area (Å²) in [4.78, 5) is 8.35. The van der Waals surface area contributed by atoms with Crippen LogP contribution in [-0.2, 0) is 4.74 Å². The van der Waals surface area contributed by atoms with Gasteiger partial charge in [-0.25, -0.2) is 0 Å². The molecule has 2 heterocycles. The van der Waals surface area contributed by atoms with Crippen LogP contribution in [0.2, 0.25) is 0 Å². The van der Waals surface area contributed by atoms with E-state index in [4.69, 9.17) is 9.47 Å². The van der Waals surface area contributed by atoms with Gasteiger partial charge < -0.3 is 25.2 Å². The Balaban J connectivity index is 0.00000363. The highest BCUT2D eigenvalue weighted by atomic mass is 127. The first kappa shape index (κ1) is 26.8. The van der Waals surface area contributed by atoms with E-state index in [-0.39, 0.29) is 43.2 Å². The molecule has 3 N–H and O–H groups in total. The van der Waals surface area contributed by atoms with E-state index in [1.54, 1.807) is 11.3 Å². The maximum Gasteiger partial charge on any atom is 0.191 e. The maximum absolute atomic E-state index is 10.3. The Kier molecular flexibility index (Phi) is 12.3. The summed E-state index contributed by atoms with van der Waals surface area (Å²) in [5, 5.41) is 19.2. The molecule has 2 atom stereocenters. The lowest BCUT2D eigenvalue weighted by atomic mass is 10.2. The van der Waals surface area contributed by atoms with Crippen LogP contribution in [0.25, 0.3) is 0 Å². The number of hydrogen-bond donors (Lipinski definition) is 3. The van der Waals surface area contributed by atoms with E-state index in [1.165, 1.54) is 4.88 Å². The molecule has 0 radical (unpaired) electrons. The number of guanidine groups is 1. The minimum Gasteiger partial charge on any atom is -0.491 e. The Hall–Kier alpha value is -1.40. The zero-order valence-corrected chi connectivity index (χ0v) is 22.0. The molecule has 1 fully saturated rings. The number of aryl methyl sites for hydroxylation is 1. The third kappa shape index (κ3) is 8.86. The van der Waals surface area contributed by atoms with Gasteiger partial charge >= 0.3 is 0 Å². The number of thiophene rings is 1. The first-order chi connectivity index (χ1) is 15.2. The molecule has 2 aromatic rings. The first-order valence-electron chi connectivity index (χ1n) is 10.9. The van der Waals surface area contributed by atoms with Crippen molar-refractivity contribution in [1.29, 1.82) is 0 Å². The van der Waals surface area contributed by atoms with E-state index in [0.29, 0.717) is 5.96 Å². The number of aliphatic hydroxyl groups excluding tert-OH is 1. The highest BCUT2D eigenvalue weighted by molar-refractivity contribution is 14.0. The predicted molar refractivity (Wildman–Crippen MR) is 142 cm³/mol. The lowest BCUT2D eigenvalue weighted by Crippen LogP contribution is -2.46. The fourth-order valence-corrected chi connectivity index (χ4v) is 4.32. The fourth-order valence-electron chi connectivity index (χ4n) is 3.46. The normalized spacial score (nSPS) is 16.7. The van der Waals surface area contributed by atoms with Gasteiger partial charge in [-0.05, 0) is 43.0 Å². The molecule has 32 heavy (non-hydrogen) atoms. The Morgan fingerprint density at radius 3 is 2.75 bits per heavy atom. The second-order valence-electron chi connectivity index (χ2n) is 7.56. The third-order valence-electron chi connectivity index (χ3n) is 5.06. The summed E-state index contributed by atoms with van der Waals surface area (Å²) in [7, 11) is 0. The minimum absolute atomic E-state index is 0. The second-order valence-corrected chi connectivity index (χ2v) is 8.54. The lowest BCUT2D eigenvalue weighted by Gasteiger charge is -2.34. The SMILES string of the molecule is CCNC(=NCC(O)COc1cccc(C)c1)NCC(c1cccs1)N1CCOCC1.I. The smallest absolute Gasteiger partial charge is 0.191 e. The molecule has 0 aliphatic carbocycles. The van der Waals surface area contributed by atoms with E-state index < -0.39 is 6.10 Å². The van der Waals surface area contributed by atoms with E-state index in [0.717, 1.165) is 50.7 Å². The summed E-state index contributed by atoms with van der Waals surface area (Å²) >= 11 is 1.77. The molecule has 2 unspecified atom stereocenters. The van der Waals surface area contributed by atoms with Crippen LogP contribution in [0.5, 0.6) is 5.75 Å². The summed E-state index contributed by atoms with van der Waals surface area (Å²) in [6, 6.07) is 12.4. The van der Waals surface area contributed by atoms with Crippen molar-refractivity contribution in [3.05, 3.63) is 52.2 Å². The van der Waals surface area contributed by atoms with Gasteiger partial charge in [-0.3, -0.25) is 9.89 Å². The van der Waals surface area contributed by atoms with Gasteiger partial charge in [-0.2, -0.15) is 0 Å². The van der Waals surface area contributed by atoms with Crippen molar-refractivity contribution in [2.24, 2.45) is 4.99 Å². The Labute approximate surface area is 212 Å². The Morgan fingerprint density at radius 1 is 1.25 bits per heavy atom. The van der Waals surface area contributed by atoms with Crippen LogP contribution in [-0.4, -0.2) is 74.6 Å². The lowest BCUT2D eigenvalue weighted by molar-refractivity contribution is 0.0177. The van der Waals surface area contributed by atoms with Crippen molar-refractivity contribution in [2.45, 2.75) is 26.0 Å². The molecule has 9 heteroatoms. The number of nitrogens with one attached hydrogen (secondary N) is 2. The van der Waals surface area contributed by atoms with Crippen LogP contribution in [0.4, 0.5) is 0 Å². The summed E-state index contributed by atoms with van der Waals surface area (Å²) in [5.41, 5.74) is 1.13. The third-order valence-corrected chi connectivity index (χ3v) is 6.03. The standard InChI is InChI=1S/C23H34N4O3S.HI/c1-3-24-23(25-15-19(28)17-30-20-7-4-6-18(2)14-20)26-16-21(22-8-5-13-31-22)27-9-11-29-12-10-27;/h4-8,13-14,19,21,28H,3,9-12,15-17H2,1-2H3,(H2,24,25,26);1H. The zero-order chi connectivity index (χ0) is 21.9. The van der Waals surface area contributed by atoms with E-state index >= 15 is 0 Å². The van der Waals surface area contributed by atoms with E-state index in [1.807, 2.05) is 38.1 Å². The average molecular weight is 575 g/mol. The molecule has 1 aromatic heterocycles. The quantitative estimate of drug-likeness (QED) is 0.230. The summed E-state index contributed by atoms with van der Waals surface area (Å²) in [5.74, 6) is 1.46. The van der Waals surface area contributed by atoms with Crippen molar-refractivity contribution < 1.29 is 14.6 Å². The maximum atomic E-state index is 10.3. The Bertz CT molecular complexity index is 800. The molecule has 1 aromatic carbocycles. The van der Waals surface area contributed by atoms with Gasteiger partial charge in [-0.1, -0.05) is 18.2 Å². The van der Waals surface area contributed by atoms with Crippen molar-refractivity contribution in [3.63, 3.8) is 0 Å². The molecular weight excluding hydrogens is 539 g/mol. The monoisotopic (exact) mass is 574 g/mol. The van der Waals surface area contributed by atoms with Crippen LogP contribution >= 0.6 is 35.3 Å². The van der Waals surface area contributed by atoms with Gasteiger partial charge in [0, 0.05) is 31.1 Å². The highest BCUT2D eigenvalue weighted by Crippen LogP contribution is 2.25. The number of halogens is 1. The number of rotatable bonds is 10. The summed E-state index contributed by atoms with van der Waals surface area (Å²) in [6.45, 7) is 9.40. The van der Waals surface area contributed by atoms with Crippen LogP contribution in [0, 0.1) is 6.92 Å². The molecule has 7 nitrogen and oxygen atoms in total. The molecule has 1 aliphatic rings. The number of aliphatic hydroxyl groups is 1. The van der Waals surface area contributed by atoms with Crippen LogP contribution in [0.1, 0.15) is 23.4 Å². The number of hydrogen-bond acceptors (Lipinski definition) is 6. The number of morpholine rings is 1. The van der Waals surface area contributed by atoms with Gasteiger partial charge in [-0.15, -0.1) is 35.3 Å². The molecule has 1 saturated heterocycles. The van der Waals surface area contributed by atoms with Crippen molar-refractivity contribution in [3.8, 4) is 5.75 Å². The van der Waals surface area contributed by atoms with Crippen molar-refractivity contribution in [1.82, 2.24) is 15.5 Å². The zero-order valence-electron chi connectivity index (χ0n) is 18.8. The fraction of sp³-hybridized carbons (Fsp3) is 0.522. The van der Waals surface area contributed by atoms with Gasteiger partial charge in [0.05, 0.1) is 25.8 Å². The molecule has 3 rings (SSSR count). The molecule has 0 saturated carbocycles. The molecular formula is C23H35IN4O3S. The van der Waals surface area contributed by atoms with Crippen molar-refractivity contribution in [2.75, 3.05) is 52.5 Å². The predicted octanol–water partition coefficient (Wildman–Crippen LogP) is 3.04. The second kappa shape index (κ2) is 14.7. The highest BCUT2D eigenvalue weighted by Gasteiger charge is 2.23. The number of ether oxygens (including phenoxy) is 2. The molecule has 0 bridgehead atoms. The van der Waals surface area contributed by atoms with Crippen LogP contribution in [0.3, 0.4) is 0 Å². The molecule has 1 aliphatic heterocycles. The molecule has 178 valence electrons. The van der Waals surface area contributed by atoms with Gasteiger partial charge in [0.25, 0.3) is 0 Å². The molecule has 0 amide bonds. The Morgan fingerprint density at radius 2 is 2.06 bits per heavy atom. The van der Waals surface area contributed by atoms with Gasteiger partial charge in [0.1, 0.15) is 18.5 Å². The van der Waals surface area contributed by atoms with Crippen LogP contribution < -0.4 is 15.4 Å². The van der Waals surface area contributed by atoms with Crippen LogP contribution in [0.15, 0.2) is 46.8 Å². The van der Waals surface area contributed by atoms with Gasteiger partial charge in [0.15, 0.2) is 5.96 Å². The number of benzene rings is 1. The average Bonchev–Trinajstić information content (AvgIpc) is 3.31. The summed E-state index contributed by atoms with van der Waals surface area (Å²) in [6.07, 6.45) is -0.677. The minimum atomic E-state index is -0.677. The molecule has 0 spiro atoms. The first-order valence-corrected chi connectivity index (χ1v) is 11.8. The number of nitrogens with zero attached hydrogens (tertiary/aromatic N) is 2. The van der Waals surface area contributed by atoms with Gasteiger partial charge in [0.2, 0.25) is 0 Å². The van der Waals surface area contributed by atoms with E-state index in [9.17, 15) is 5.11 Å². The topological polar surface area (TPSA) is 78.4 Å².